The summed E-state index contributed by atoms with van der Waals surface area (Å²) in [6.45, 7) is 0.779. The molecule has 0 aliphatic carbocycles. The first-order valence-corrected chi connectivity index (χ1v) is 8.71. The molecule has 7 heteroatoms. The normalized spacial score (nSPS) is 10.6. The van der Waals surface area contributed by atoms with Crippen molar-refractivity contribution in [3.05, 3.63) is 76.9 Å². The lowest BCUT2D eigenvalue weighted by atomic mass is 10.2. The van der Waals surface area contributed by atoms with Crippen LogP contribution in [0.1, 0.15) is 11.1 Å². The standard InChI is InChI=1S/C20H18ClN5O/c1-25(13-15-7-9-17(21)10-8-15)14-19(27)24-20-16(11-22)12-23-26(20)18-5-3-2-4-6-18/h2-10,12H,13-14H2,1H3,(H,24,27). The van der Waals surface area contributed by atoms with E-state index in [0.717, 1.165) is 11.3 Å². The summed E-state index contributed by atoms with van der Waals surface area (Å²) in [5, 5.41) is 17.0. The van der Waals surface area contributed by atoms with E-state index in [9.17, 15) is 10.1 Å². The molecule has 0 saturated heterocycles. The Kier molecular flexibility index (Phi) is 5.87. The molecule has 1 amide bonds. The van der Waals surface area contributed by atoms with Gasteiger partial charge >= 0.3 is 0 Å². The minimum absolute atomic E-state index is 0.174. The number of anilines is 1. The van der Waals surface area contributed by atoms with Crippen LogP contribution in [0.5, 0.6) is 0 Å². The smallest absolute Gasteiger partial charge is 0.239 e. The number of benzene rings is 2. The Labute approximate surface area is 162 Å². The molecular formula is C20H18ClN5O. The van der Waals surface area contributed by atoms with Gasteiger partial charge in [-0.25, -0.2) is 4.68 Å². The predicted octanol–water partition coefficient (Wildman–Crippen LogP) is 3.47. The molecule has 0 radical (unpaired) electrons. The van der Waals surface area contributed by atoms with Gasteiger partial charge in [-0.1, -0.05) is 41.9 Å². The molecule has 1 aromatic heterocycles. The van der Waals surface area contributed by atoms with E-state index in [-0.39, 0.29) is 12.5 Å². The molecular weight excluding hydrogens is 362 g/mol. The molecule has 1 heterocycles. The van der Waals surface area contributed by atoms with E-state index in [1.807, 2.05) is 66.5 Å². The monoisotopic (exact) mass is 379 g/mol. The van der Waals surface area contributed by atoms with Crippen LogP contribution in [0.2, 0.25) is 5.02 Å². The molecule has 3 rings (SSSR count). The van der Waals surface area contributed by atoms with E-state index in [0.29, 0.717) is 22.9 Å². The first-order chi connectivity index (χ1) is 13.1. The zero-order valence-electron chi connectivity index (χ0n) is 14.8. The Morgan fingerprint density at radius 1 is 1.22 bits per heavy atom. The number of para-hydroxylation sites is 1. The van der Waals surface area contributed by atoms with E-state index in [4.69, 9.17) is 11.6 Å². The molecule has 0 spiro atoms. The fraction of sp³-hybridized carbons (Fsp3) is 0.150. The summed E-state index contributed by atoms with van der Waals surface area (Å²) in [5.74, 6) is 0.147. The number of halogens is 1. The summed E-state index contributed by atoms with van der Waals surface area (Å²) in [4.78, 5) is 14.4. The molecule has 6 nitrogen and oxygen atoms in total. The molecule has 136 valence electrons. The second-order valence-corrected chi connectivity index (χ2v) is 6.55. The summed E-state index contributed by atoms with van der Waals surface area (Å²) in [7, 11) is 1.86. The van der Waals surface area contributed by atoms with E-state index >= 15 is 0 Å². The Bertz CT molecular complexity index is 960. The minimum Gasteiger partial charge on any atom is -0.308 e. The highest BCUT2D eigenvalue weighted by Gasteiger charge is 2.16. The van der Waals surface area contributed by atoms with Gasteiger partial charge in [0.05, 0.1) is 18.4 Å². The van der Waals surface area contributed by atoms with Crippen molar-refractivity contribution in [3.63, 3.8) is 0 Å². The van der Waals surface area contributed by atoms with E-state index < -0.39 is 0 Å². The number of carbonyl (C=O) groups excluding carboxylic acids is 1. The number of aromatic nitrogens is 2. The van der Waals surface area contributed by atoms with Gasteiger partial charge in [-0.3, -0.25) is 9.69 Å². The highest BCUT2D eigenvalue weighted by Crippen LogP contribution is 2.19. The number of hydrogen-bond donors (Lipinski definition) is 1. The van der Waals surface area contributed by atoms with E-state index in [2.05, 4.69) is 16.5 Å². The lowest BCUT2D eigenvalue weighted by molar-refractivity contribution is -0.117. The Hall–Kier alpha value is -3.14. The number of rotatable bonds is 6. The Morgan fingerprint density at radius 2 is 1.93 bits per heavy atom. The van der Waals surface area contributed by atoms with E-state index in [1.165, 1.54) is 6.20 Å². The van der Waals surface area contributed by atoms with Crippen LogP contribution in [0.4, 0.5) is 5.82 Å². The molecule has 3 aromatic rings. The third-order valence-corrected chi connectivity index (χ3v) is 4.18. The zero-order chi connectivity index (χ0) is 19.2. The maximum Gasteiger partial charge on any atom is 0.239 e. The third-order valence-electron chi connectivity index (χ3n) is 3.93. The number of hydrogen-bond acceptors (Lipinski definition) is 4. The van der Waals surface area contributed by atoms with Crippen LogP contribution in [0.25, 0.3) is 5.69 Å². The van der Waals surface area contributed by atoms with Gasteiger partial charge in [0.1, 0.15) is 11.6 Å². The highest BCUT2D eigenvalue weighted by molar-refractivity contribution is 6.30. The maximum atomic E-state index is 12.5. The predicted molar refractivity (Wildman–Crippen MR) is 105 cm³/mol. The number of carbonyl (C=O) groups is 1. The van der Waals surface area contributed by atoms with Crippen molar-refractivity contribution in [2.24, 2.45) is 0 Å². The topological polar surface area (TPSA) is 74.0 Å². The van der Waals surface area contributed by atoms with Crippen LogP contribution < -0.4 is 5.32 Å². The third kappa shape index (κ3) is 4.73. The quantitative estimate of drug-likeness (QED) is 0.711. The van der Waals surface area contributed by atoms with Crippen molar-refractivity contribution in [2.45, 2.75) is 6.54 Å². The summed E-state index contributed by atoms with van der Waals surface area (Å²) in [5.41, 5.74) is 2.14. The number of amides is 1. The number of nitrogens with zero attached hydrogens (tertiary/aromatic N) is 4. The first kappa shape index (κ1) is 18.6. The van der Waals surface area contributed by atoms with Crippen LogP contribution >= 0.6 is 11.6 Å². The average Bonchev–Trinajstić information content (AvgIpc) is 3.06. The maximum absolute atomic E-state index is 12.5. The van der Waals surface area contributed by atoms with Gasteiger partial charge < -0.3 is 5.32 Å². The first-order valence-electron chi connectivity index (χ1n) is 8.33. The fourth-order valence-corrected chi connectivity index (χ4v) is 2.82. The van der Waals surface area contributed by atoms with E-state index in [1.54, 1.807) is 4.68 Å². The molecule has 0 atom stereocenters. The molecule has 1 N–H and O–H groups in total. The SMILES string of the molecule is CN(CC(=O)Nc1c(C#N)cnn1-c1ccccc1)Cc1ccc(Cl)cc1. The molecule has 0 saturated carbocycles. The van der Waals surface area contributed by atoms with Gasteiger partial charge in [-0.05, 0) is 36.9 Å². The van der Waals surface area contributed by atoms with Crippen LogP contribution in [-0.2, 0) is 11.3 Å². The number of nitrogens with one attached hydrogen (secondary N) is 1. The van der Waals surface area contributed by atoms with Gasteiger partial charge in [0.2, 0.25) is 5.91 Å². The van der Waals surface area contributed by atoms with Crippen molar-refractivity contribution >= 4 is 23.3 Å². The van der Waals surface area contributed by atoms with Crippen molar-refractivity contribution in [3.8, 4) is 11.8 Å². The molecule has 0 fully saturated rings. The van der Waals surface area contributed by atoms with Gasteiger partial charge in [0.25, 0.3) is 0 Å². The second-order valence-electron chi connectivity index (χ2n) is 6.11. The summed E-state index contributed by atoms with van der Waals surface area (Å²) in [6.07, 6.45) is 1.44. The van der Waals surface area contributed by atoms with Gasteiger partial charge in [-0.15, -0.1) is 0 Å². The average molecular weight is 380 g/mol. The highest BCUT2D eigenvalue weighted by atomic mass is 35.5. The Balaban J connectivity index is 1.69. The molecule has 2 aromatic carbocycles. The van der Waals surface area contributed by atoms with Crippen LogP contribution in [-0.4, -0.2) is 34.2 Å². The van der Waals surface area contributed by atoms with Gasteiger partial charge in [0.15, 0.2) is 5.82 Å². The summed E-state index contributed by atoms with van der Waals surface area (Å²) < 4.78 is 1.55. The molecule has 0 aliphatic rings. The minimum atomic E-state index is -0.222. The largest absolute Gasteiger partial charge is 0.308 e. The molecule has 0 bridgehead atoms. The van der Waals surface area contributed by atoms with Crippen molar-refractivity contribution in [1.29, 1.82) is 5.26 Å². The fourth-order valence-electron chi connectivity index (χ4n) is 2.69. The van der Waals surface area contributed by atoms with Crippen molar-refractivity contribution in [2.75, 3.05) is 18.9 Å². The van der Waals surface area contributed by atoms with Crippen LogP contribution in [0.15, 0.2) is 60.8 Å². The molecule has 0 unspecified atom stereocenters. The number of nitriles is 1. The second kappa shape index (κ2) is 8.49. The van der Waals surface area contributed by atoms with Crippen molar-refractivity contribution in [1.82, 2.24) is 14.7 Å². The molecule has 27 heavy (non-hydrogen) atoms. The zero-order valence-corrected chi connectivity index (χ0v) is 15.5. The summed E-state index contributed by atoms with van der Waals surface area (Å²) in [6, 6.07) is 18.9. The van der Waals surface area contributed by atoms with Crippen molar-refractivity contribution < 1.29 is 4.79 Å². The number of likely N-dealkylation sites (N-methyl/N-ethyl adjacent to an activating group) is 1. The molecule has 0 aliphatic heterocycles. The summed E-state index contributed by atoms with van der Waals surface area (Å²) >= 11 is 5.89. The van der Waals surface area contributed by atoms with Crippen LogP contribution in [0.3, 0.4) is 0 Å². The van der Waals surface area contributed by atoms with Gasteiger partial charge in [-0.2, -0.15) is 10.4 Å². The lowest BCUT2D eigenvalue weighted by Crippen LogP contribution is -2.30. The Morgan fingerprint density at radius 3 is 2.59 bits per heavy atom. The lowest BCUT2D eigenvalue weighted by Gasteiger charge is -2.17. The van der Waals surface area contributed by atoms with Crippen LogP contribution in [0, 0.1) is 11.3 Å². The van der Waals surface area contributed by atoms with Gasteiger partial charge in [0, 0.05) is 11.6 Å².